The lowest BCUT2D eigenvalue weighted by molar-refractivity contribution is -0.229. The SMILES string of the molecule is C/C=C(\C)C(=O)OO. The lowest BCUT2D eigenvalue weighted by Crippen LogP contribution is -2.00. The fourth-order valence-corrected chi connectivity index (χ4v) is 0.190. The van der Waals surface area contributed by atoms with Gasteiger partial charge in [-0.25, -0.2) is 4.79 Å². The number of hydrogen-bond donors (Lipinski definition) is 1. The predicted molar refractivity (Wildman–Crippen MR) is 28.2 cm³/mol. The molecule has 0 aliphatic heterocycles. The fraction of sp³-hybridized carbons (Fsp3) is 0.400. The molecule has 0 aromatic carbocycles. The zero-order valence-electron chi connectivity index (χ0n) is 4.84. The van der Waals surface area contributed by atoms with Gasteiger partial charge in [0.15, 0.2) is 0 Å². The van der Waals surface area contributed by atoms with Gasteiger partial charge in [0.25, 0.3) is 0 Å². The number of allylic oxidation sites excluding steroid dienone is 1. The van der Waals surface area contributed by atoms with Crippen molar-refractivity contribution in [2.45, 2.75) is 13.8 Å². The number of carbonyl (C=O) groups excluding carboxylic acids is 1. The molecule has 0 saturated carbocycles. The van der Waals surface area contributed by atoms with Crippen molar-refractivity contribution in [1.29, 1.82) is 0 Å². The van der Waals surface area contributed by atoms with Crippen molar-refractivity contribution in [2.75, 3.05) is 0 Å². The third-order valence-corrected chi connectivity index (χ3v) is 0.838. The first-order valence-electron chi connectivity index (χ1n) is 2.21. The molecule has 3 nitrogen and oxygen atoms in total. The molecule has 0 spiro atoms. The summed E-state index contributed by atoms with van der Waals surface area (Å²) in [5.41, 5.74) is 0.396. The lowest BCUT2D eigenvalue weighted by Gasteiger charge is -1.90. The maximum Gasteiger partial charge on any atom is 0.368 e. The Bertz CT molecular complexity index is 115. The largest absolute Gasteiger partial charge is 0.368 e. The van der Waals surface area contributed by atoms with Gasteiger partial charge in [0.2, 0.25) is 0 Å². The zero-order chi connectivity index (χ0) is 6.57. The predicted octanol–water partition coefficient (Wildman–Crippen LogP) is 0.969. The van der Waals surface area contributed by atoms with E-state index in [2.05, 4.69) is 4.89 Å². The standard InChI is InChI=1S/C5H8O3/c1-3-4(2)5(6)8-7/h3,7H,1-2H3/b4-3+. The molecule has 0 rings (SSSR count). The van der Waals surface area contributed by atoms with E-state index in [-0.39, 0.29) is 0 Å². The summed E-state index contributed by atoms with van der Waals surface area (Å²) >= 11 is 0. The first-order chi connectivity index (χ1) is 3.72. The van der Waals surface area contributed by atoms with Gasteiger partial charge < -0.3 is 0 Å². The van der Waals surface area contributed by atoms with Crippen molar-refractivity contribution in [2.24, 2.45) is 0 Å². The van der Waals surface area contributed by atoms with Crippen LogP contribution in [0.3, 0.4) is 0 Å². The normalized spacial score (nSPS) is 11.1. The molecule has 8 heavy (non-hydrogen) atoms. The quantitative estimate of drug-likeness (QED) is 0.315. The number of rotatable bonds is 1. The molecular formula is C5H8O3. The first-order valence-corrected chi connectivity index (χ1v) is 2.21. The molecule has 46 valence electrons. The van der Waals surface area contributed by atoms with Gasteiger partial charge in [-0.3, -0.25) is 4.89 Å². The van der Waals surface area contributed by atoms with E-state index in [1.165, 1.54) is 0 Å². The monoisotopic (exact) mass is 116 g/mol. The summed E-state index contributed by atoms with van der Waals surface area (Å²) in [5.74, 6) is -0.701. The van der Waals surface area contributed by atoms with Gasteiger partial charge in [-0.1, -0.05) is 6.08 Å². The molecule has 0 atom stereocenters. The van der Waals surface area contributed by atoms with Crippen molar-refractivity contribution in [3.8, 4) is 0 Å². The van der Waals surface area contributed by atoms with Gasteiger partial charge in [0.1, 0.15) is 0 Å². The smallest absolute Gasteiger partial charge is 0.296 e. The average Bonchev–Trinajstić information content (AvgIpc) is 1.84. The van der Waals surface area contributed by atoms with Gasteiger partial charge in [-0.2, -0.15) is 5.26 Å². The molecule has 0 fully saturated rings. The second kappa shape index (κ2) is 3.21. The minimum absolute atomic E-state index is 0.396. The molecule has 0 aromatic heterocycles. The van der Waals surface area contributed by atoms with Crippen molar-refractivity contribution in [3.05, 3.63) is 11.6 Å². The van der Waals surface area contributed by atoms with Crippen LogP contribution in [0.5, 0.6) is 0 Å². The average molecular weight is 116 g/mol. The molecule has 0 amide bonds. The molecular weight excluding hydrogens is 108 g/mol. The van der Waals surface area contributed by atoms with Crippen LogP contribution >= 0.6 is 0 Å². The van der Waals surface area contributed by atoms with Crippen molar-refractivity contribution < 1.29 is 14.9 Å². The highest BCUT2D eigenvalue weighted by atomic mass is 17.1. The Balaban J connectivity index is 3.83. The Morgan fingerprint density at radius 1 is 1.75 bits per heavy atom. The molecule has 0 radical (unpaired) electrons. The molecule has 0 bridgehead atoms. The van der Waals surface area contributed by atoms with E-state index in [0.717, 1.165) is 0 Å². The van der Waals surface area contributed by atoms with E-state index < -0.39 is 5.97 Å². The molecule has 0 heterocycles. The minimum Gasteiger partial charge on any atom is -0.296 e. The summed E-state index contributed by atoms with van der Waals surface area (Å²) in [6.45, 7) is 3.24. The van der Waals surface area contributed by atoms with E-state index in [4.69, 9.17) is 5.26 Å². The summed E-state index contributed by atoms with van der Waals surface area (Å²) in [7, 11) is 0. The summed E-state index contributed by atoms with van der Waals surface area (Å²) in [6, 6.07) is 0. The Morgan fingerprint density at radius 2 is 2.25 bits per heavy atom. The van der Waals surface area contributed by atoms with Crippen LogP contribution in [0.25, 0.3) is 0 Å². The maximum absolute atomic E-state index is 10.2. The van der Waals surface area contributed by atoms with Crippen LogP contribution in [0, 0.1) is 0 Å². The highest BCUT2D eigenvalue weighted by Crippen LogP contribution is 1.92. The van der Waals surface area contributed by atoms with Crippen LogP contribution < -0.4 is 0 Å². The van der Waals surface area contributed by atoms with E-state index in [1.54, 1.807) is 19.9 Å². The highest BCUT2D eigenvalue weighted by Gasteiger charge is 2.00. The Kier molecular flexibility index (Phi) is 2.88. The summed E-state index contributed by atoms with van der Waals surface area (Å²) in [6.07, 6.45) is 1.55. The summed E-state index contributed by atoms with van der Waals surface area (Å²) in [4.78, 5) is 13.6. The molecule has 0 saturated heterocycles. The molecule has 0 unspecified atom stereocenters. The van der Waals surface area contributed by atoms with Crippen molar-refractivity contribution in [1.82, 2.24) is 0 Å². The van der Waals surface area contributed by atoms with Crippen molar-refractivity contribution in [3.63, 3.8) is 0 Å². The van der Waals surface area contributed by atoms with Crippen LogP contribution in [0.15, 0.2) is 11.6 Å². The van der Waals surface area contributed by atoms with Crippen LogP contribution in [0.4, 0.5) is 0 Å². The molecule has 0 aliphatic carbocycles. The van der Waals surface area contributed by atoms with Gasteiger partial charge in [0.05, 0.1) is 0 Å². The lowest BCUT2D eigenvalue weighted by atomic mass is 10.3. The molecule has 3 heteroatoms. The molecule has 0 aromatic rings. The minimum atomic E-state index is -0.701. The highest BCUT2D eigenvalue weighted by molar-refractivity contribution is 5.86. The topological polar surface area (TPSA) is 46.5 Å². The Morgan fingerprint density at radius 3 is 2.38 bits per heavy atom. The van der Waals surface area contributed by atoms with Gasteiger partial charge in [-0.05, 0) is 13.8 Å². The van der Waals surface area contributed by atoms with Crippen LogP contribution in [0.1, 0.15) is 13.8 Å². The third kappa shape index (κ3) is 1.75. The van der Waals surface area contributed by atoms with E-state index >= 15 is 0 Å². The molecule has 1 N–H and O–H groups in total. The van der Waals surface area contributed by atoms with Gasteiger partial charge in [-0.15, -0.1) is 0 Å². The zero-order valence-corrected chi connectivity index (χ0v) is 4.84. The second-order valence-corrected chi connectivity index (χ2v) is 1.35. The number of hydrogen-bond acceptors (Lipinski definition) is 3. The summed E-state index contributed by atoms with van der Waals surface area (Å²) < 4.78 is 0. The van der Waals surface area contributed by atoms with E-state index in [1.807, 2.05) is 0 Å². The van der Waals surface area contributed by atoms with Crippen molar-refractivity contribution >= 4 is 5.97 Å². The first kappa shape index (κ1) is 7.17. The summed E-state index contributed by atoms with van der Waals surface area (Å²) in [5, 5.41) is 7.75. The maximum atomic E-state index is 10.2. The fourth-order valence-electron chi connectivity index (χ4n) is 0.190. The van der Waals surface area contributed by atoms with E-state index in [0.29, 0.717) is 5.57 Å². The number of carbonyl (C=O) groups is 1. The Hall–Kier alpha value is -0.830. The Labute approximate surface area is 47.5 Å². The van der Waals surface area contributed by atoms with Gasteiger partial charge in [0, 0.05) is 5.57 Å². The second-order valence-electron chi connectivity index (χ2n) is 1.35. The third-order valence-electron chi connectivity index (χ3n) is 0.838. The molecule has 0 aliphatic rings. The van der Waals surface area contributed by atoms with E-state index in [9.17, 15) is 4.79 Å². The van der Waals surface area contributed by atoms with Crippen LogP contribution in [-0.4, -0.2) is 11.2 Å². The van der Waals surface area contributed by atoms with Crippen LogP contribution in [-0.2, 0) is 9.68 Å². The van der Waals surface area contributed by atoms with Crippen LogP contribution in [0.2, 0.25) is 0 Å². The van der Waals surface area contributed by atoms with Gasteiger partial charge >= 0.3 is 5.97 Å².